The molecule has 1 saturated heterocycles. The van der Waals surface area contributed by atoms with Gasteiger partial charge in [-0.3, -0.25) is 14.5 Å². The van der Waals surface area contributed by atoms with Crippen molar-refractivity contribution < 1.29 is 24.3 Å². The summed E-state index contributed by atoms with van der Waals surface area (Å²) < 4.78 is 1.46. The first-order chi connectivity index (χ1) is 16.8. The smallest absolute Gasteiger partial charge is 0.352 e. The second-order valence-electron chi connectivity index (χ2n) is 6.93. The predicted molar refractivity (Wildman–Crippen MR) is 124 cm³/mol. The van der Waals surface area contributed by atoms with Crippen LogP contribution in [0.1, 0.15) is 5.69 Å². The summed E-state index contributed by atoms with van der Waals surface area (Å²) >= 11 is 3.64. The molecule has 15 nitrogen and oxygen atoms in total. The summed E-state index contributed by atoms with van der Waals surface area (Å²) in [4.78, 5) is 47.8. The van der Waals surface area contributed by atoms with Crippen LogP contribution in [0.25, 0.3) is 0 Å². The largest absolute Gasteiger partial charge is 0.477 e. The number of carboxylic acids is 1. The van der Waals surface area contributed by atoms with E-state index in [1.54, 1.807) is 13.1 Å². The zero-order valence-electron chi connectivity index (χ0n) is 17.8. The number of aromatic nitrogens is 5. The van der Waals surface area contributed by atoms with Crippen LogP contribution < -0.4 is 11.1 Å². The molecule has 2 aromatic heterocycles. The lowest BCUT2D eigenvalue weighted by Gasteiger charge is -2.49. The number of β-lactam (4-membered cyclic amide) rings is 1. The molecule has 4 heterocycles. The van der Waals surface area contributed by atoms with Gasteiger partial charge in [0.2, 0.25) is 11.8 Å². The third kappa shape index (κ3) is 4.91. The van der Waals surface area contributed by atoms with Crippen LogP contribution in [0.2, 0.25) is 0 Å². The van der Waals surface area contributed by atoms with Crippen LogP contribution in [0.4, 0.5) is 5.13 Å². The molecule has 2 atom stereocenters. The van der Waals surface area contributed by atoms with E-state index in [9.17, 15) is 19.5 Å². The highest BCUT2D eigenvalue weighted by atomic mass is 32.2. The van der Waals surface area contributed by atoms with Crippen LogP contribution >= 0.6 is 34.9 Å². The number of hydrogen-bond acceptors (Lipinski definition) is 14. The van der Waals surface area contributed by atoms with Crippen LogP contribution in [0.3, 0.4) is 0 Å². The first-order valence-electron chi connectivity index (χ1n) is 9.66. The fourth-order valence-electron chi connectivity index (χ4n) is 3.23. The normalized spacial score (nSPS) is 19.6. The van der Waals surface area contributed by atoms with Crippen molar-refractivity contribution in [3.8, 4) is 6.07 Å². The molecule has 0 spiro atoms. The highest BCUT2D eigenvalue weighted by molar-refractivity contribution is 8.01. The van der Waals surface area contributed by atoms with Gasteiger partial charge in [-0.05, 0) is 16.0 Å². The number of rotatable bonds is 9. The fraction of sp³-hybridized carbons (Fsp3) is 0.353. The number of nitrogen functional groups attached to an aromatic ring is 1. The van der Waals surface area contributed by atoms with E-state index in [0.717, 1.165) is 16.2 Å². The number of tetrazole rings is 1. The van der Waals surface area contributed by atoms with Crippen molar-refractivity contribution in [2.24, 2.45) is 12.2 Å². The molecule has 1 unspecified atom stereocenters. The number of amides is 2. The summed E-state index contributed by atoms with van der Waals surface area (Å²) in [6.45, 7) is -0.400. The van der Waals surface area contributed by atoms with Gasteiger partial charge in [0.05, 0.1) is 0 Å². The van der Waals surface area contributed by atoms with Crippen molar-refractivity contribution in [2.45, 2.75) is 16.6 Å². The Bertz CT molecular complexity index is 1280. The number of nitrogens with one attached hydrogen (secondary N) is 1. The lowest BCUT2D eigenvalue weighted by Crippen LogP contribution is -2.71. The molecule has 2 amide bonds. The Balaban J connectivity index is 1.49. The molecule has 0 aromatic carbocycles. The minimum absolute atomic E-state index is 0.117. The van der Waals surface area contributed by atoms with Crippen molar-refractivity contribution >= 4 is 63.5 Å². The molecule has 0 aliphatic carbocycles. The highest BCUT2D eigenvalue weighted by Crippen LogP contribution is 2.41. The van der Waals surface area contributed by atoms with Gasteiger partial charge in [0.15, 0.2) is 10.8 Å². The monoisotopic (exact) mass is 536 g/mol. The number of nitrogens with zero attached hydrogens (tertiary/aromatic N) is 8. The standard InChI is InChI=1S/C17H16N10O5S3/c1-26-17(22-24-25-26)35-5-7-4-33-14-10(13(29)27(14)11(7)15(30)31)21-12(28)9(23-32-3-2-18)8-6-34-16(19)20-8/h6,10,14H,3-5H2,1H3,(H2,19,20)(H,21,28)(H,30,31)/t10?,14-/m1/s1. The van der Waals surface area contributed by atoms with Crippen molar-refractivity contribution in [1.29, 1.82) is 5.26 Å². The minimum Gasteiger partial charge on any atom is -0.477 e. The maximum absolute atomic E-state index is 12.9. The number of hydrogen-bond donors (Lipinski definition) is 3. The van der Waals surface area contributed by atoms with E-state index < -0.39 is 35.8 Å². The van der Waals surface area contributed by atoms with Gasteiger partial charge in [-0.1, -0.05) is 16.9 Å². The van der Waals surface area contributed by atoms with Crippen LogP contribution in [0.5, 0.6) is 0 Å². The van der Waals surface area contributed by atoms with Crippen LogP contribution in [-0.4, -0.2) is 88.2 Å². The second-order valence-corrected chi connectivity index (χ2v) is 9.87. The van der Waals surface area contributed by atoms with Crippen LogP contribution in [0.15, 0.2) is 27.0 Å². The number of fused-ring (bicyclic) bond motifs is 1. The SMILES string of the molecule is Cn1nnnc1SCC1=C(C(=O)O)N2C(=O)C(NC(=O)C(=NOCC#N)c3csc(N)n3)[C@H]2SC1. The van der Waals surface area contributed by atoms with Gasteiger partial charge in [0, 0.05) is 23.9 Å². The average molecular weight is 537 g/mol. The lowest BCUT2D eigenvalue weighted by atomic mass is 10.0. The molecule has 0 radical (unpaired) electrons. The van der Waals surface area contributed by atoms with E-state index in [4.69, 9.17) is 15.8 Å². The minimum atomic E-state index is -1.25. The summed E-state index contributed by atoms with van der Waals surface area (Å²) in [6, 6.07) is 0.736. The number of aliphatic carboxylic acids is 1. The molecule has 35 heavy (non-hydrogen) atoms. The van der Waals surface area contributed by atoms with Crippen molar-refractivity contribution in [3.05, 3.63) is 22.3 Å². The molecule has 4 rings (SSSR count). The third-order valence-corrected chi connectivity index (χ3v) is 7.87. The summed E-state index contributed by atoms with van der Waals surface area (Å²) in [5.41, 5.74) is 5.90. The number of thioether (sulfide) groups is 2. The number of anilines is 1. The van der Waals surface area contributed by atoms with Gasteiger partial charge in [0.25, 0.3) is 11.8 Å². The molecule has 4 N–H and O–H groups in total. The third-order valence-electron chi connectivity index (χ3n) is 4.76. The Kier molecular flexibility index (Phi) is 7.18. The van der Waals surface area contributed by atoms with Gasteiger partial charge in [-0.2, -0.15) is 5.26 Å². The number of aryl methyl sites for hydroxylation is 1. The predicted octanol–water partition coefficient (Wildman–Crippen LogP) is -0.976. The van der Waals surface area contributed by atoms with Gasteiger partial charge in [0.1, 0.15) is 28.9 Å². The van der Waals surface area contributed by atoms with Crippen molar-refractivity contribution in [3.63, 3.8) is 0 Å². The number of carbonyl (C=O) groups is 3. The van der Waals surface area contributed by atoms with E-state index >= 15 is 0 Å². The maximum Gasteiger partial charge on any atom is 0.352 e. The lowest BCUT2D eigenvalue weighted by molar-refractivity contribution is -0.150. The number of nitrogens with two attached hydrogens (primary N) is 1. The molecule has 2 aliphatic rings. The molecule has 2 aromatic rings. The molecular formula is C17H16N10O5S3. The number of thiazole rings is 1. The average Bonchev–Trinajstić information content (AvgIpc) is 3.45. The van der Waals surface area contributed by atoms with E-state index in [0.29, 0.717) is 16.5 Å². The Morgan fingerprint density at radius 1 is 1.51 bits per heavy atom. The molecule has 0 bridgehead atoms. The first kappa shape index (κ1) is 24.4. The van der Waals surface area contributed by atoms with Gasteiger partial charge in [-0.15, -0.1) is 28.2 Å². The van der Waals surface area contributed by atoms with Crippen molar-refractivity contribution in [1.82, 2.24) is 35.4 Å². The summed E-state index contributed by atoms with van der Waals surface area (Å²) in [6.07, 6.45) is 0. The molecule has 18 heteroatoms. The quantitative estimate of drug-likeness (QED) is 0.116. The Labute approximate surface area is 209 Å². The summed E-state index contributed by atoms with van der Waals surface area (Å²) in [7, 11) is 1.66. The highest BCUT2D eigenvalue weighted by Gasteiger charge is 2.54. The summed E-state index contributed by atoms with van der Waals surface area (Å²) in [5, 5.41) is 37.4. The number of nitriles is 1. The Hall–Kier alpha value is -3.69. The topological polar surface area (TPSA) is 215 Å². The Morgan fingerprint density at radius 2 is 2.31 bits per heavy atom. The molecule has 2 aliphatic heterocycles. The first-order valence-corrected chi connectivity index (χ1v) is 12.6. The number of carboxylic acid groups (broad SMARTS) is 1. The number of carbonyl (C=O) groups excluding carboxylic acids is 2. The molecule has 1 fully saturated rings. The Morgan fingerprint density at radius 3 is 2.94 bits per heavy atom. The van der Waals surface area contributed by atoms with E-state index in [2.05, 4.69) is 31.0 Å². The van der Waals surface area contributed by atoms with Crippen LogP contribution in [0, 0.1) is 11.3 Å². The van der Waals surface area contributed by atoms with E-state index in [1.807, 2.05) is 0 Å². The van der Waals surface area contributed by atoms with E-state index in [-0.39, 0.29) is 28.0 Å². The van der Waals surface area contributed by atoms with Gasteiger partial charge >= 0.3 is 5.97 Å². The zero-order valence-corrected chi connectivity index (χ0v) is 20.3. The molecule has 182 valence electrons. The van der Waals surface area contributed by atoms with E-state index in [1.165, 1.54) is 33.6 Å². The second kappa shape index (κ2) is 10.3. The van der Waals surface area contributed by atoms with Crippen LogP contribution in [-0.2, 0) is 26.3 Å². The fourth-order valence-corrected chi connectivity index (χ4v) is 6.11. The van der Waals surface area contributed by atoms with Gasteiger partial charge < -0.3 is 21.0 Å². The molecular weight excluding hydrogens is 520 g/mol. The van der Waals surface area contributed by atoms with Crippen molar-refractivity contribution in [2.75, 3.05) is 23.8 Å². The maximum atomic E-state index is 12.9. The zero-order chi connectivity index (χ0) is 25.1. The number of oxime groups is 1. The summed E-state index contributed by atoms with van der Waals surface area (Å²) in [5.74, 6) is -2.00. The van der Waals surface area contributed by atoms with Gasteiger partial charge in [-0.25, -0.2) is 14.5 Å². The molecule has 0 saturated carbocycles.